The number of nitrogens with zero attached hydrogens (tertiary/aromatic N) is 2. The summed E-state index contributed by atoms with van der Waals surface area (Å²) in [5.74, 6) is 2.98. The fourth-order valence-electron chi connectivity index (χ4n) is 1.72. The van der Waals surface area contributed by atoms with Crippen molar-refractivity contribution in [2.24, 2.45) is 0 Å². The lowest BCUT2D eigenvalue weighted by atomic mass is 10.2. The third-order valence-electron chi connectivity index (χ3n) is 2.61. The van der Waals surface area contributed by atoms with Gasteiger partial charge in [-0.1, -0.05) is 0 Å². The van der Waals surface area contributed by atoms with Crippen molar-refractivity contribution in [2.45, 2.75) is 0 Å². The molecule has 0 saturated heterocycles. The number of hydrogen-bond donors (Lipinski definition) is 1. The molecular weight excluding hydrogens is 345 g/mol. The van der Waals surface area contributed by atoms with Gasteiger partial charge >= 0.3 is 0 Å². The molecule has 0 amide bonds. The molecule has 0 saturated carbocycles. The molecule has 0 atom stereocenters. The van der Waals surface area contributed by atoms with Crippen LogP contribution < -0.4 is 14.8 Å². The fourth-order valence-corrected chi connectivity index (χ4v) is 2.25. The molecule has 1 aliphatic rings. The van der Waals surface area contributed by atoms with Crippen LogP contribution in [0.2, 0.25) is 0 Å². The van der Waals surface area contributed by atoms with E-state index in [1.165, 1.54) is 0 Å². The Kier molecular flexibility index (Phi) is 2.94. The van der Waals surface area contributed by atoms with Crippen LogP contribution in [0.5, 0.6) is 11.5 Å². The van der Waals surface area contributed by atoms with Crippen LogP contribution in [0.15, 0.2) is 24.4 Å². The summed E-state index contributed by atoms with van der Waals surface area (Å²) in [4.78, 5) is 8.79. The lowest BCUT2D eigenvalue weighted by molar-refractivity contribution is 0.174. The van der Waals surface area contributed by atoms with E-state index >= 15 is 0 Å². The second-order valence-electron chi connectivity index (χ2n) is 3.71. The number of anilines is 1. The minimum Gasteiger partial charge on any atom is -0.454 e. The van der Waals surface area contributed by atoms with Crippen molar-refractivity contribution in [1.29, 1.82) is 0 Å². The predicted octanol–water partition coefficient (Wildman–Crippen LogP) is 2.52. The lowest BCUT2D eigenvalue weighted by Crippen LogP contribution is -1.99. The standard InChI is InChI=1S/C12H10IN3O2/c1-14-12-8(13)5-15-11(16-12)7-2-3-9-10(4-7)18-6-17-9/h2-5H,6H2,1H3,(H,14,15,16). The SMILES string of the molecule is CNc1nc(-c2ccc3c(c2)OCO3)ncc1I. The van der Waals surface area contributed by atoms with E-state index in [0.717, 1.165) is 26.5 Å². The monoisotopic (exact) mass is 355 g/mol. The van der Waals surface area contributed by atoms with E-state index in [4.69, 9.17) is 9.47 Å². The molecule has 0 spiro atoms. The Bertz CT molecular complexity index is 595. The molecule has 1 aliphatic heterocycles. The molecule has 0 unspecified atom stereocenters. The first kappa shape index (κ1) is 11.5. The molecule has 2 aromatic rings. The van der Waals surface area contributed by atoms with E-state index in [9.17, 15) is 0 Å². The zero-order valence-corrected chi connectivity index (χ0v) is 11.8. The molecule has 5 nitrogen and oxygen atoms in total. The third-order valence-corrected chi connectivity index (χ3v) is 3.40. The Balaban J connectivity index is 2.04. The van der Waals surface area contributed by atoms with Gasteiger partial charge < -0.3 is 14.8 Å². The van der Waals surface area contributed by atoms with Gasteiger partial charge in [0.15, 0.2) is 17.3 Å². The Morgan fingerprint density at radius 2 is 2.11 bits per heavy atom. The highest BCUT2D eigenvalue weighted by Gasteiger charge is 2.15. The zero-order valence-electron chi connectivity index (χ0n) is 9.61. The topological polar surface area (TPSA) is 56.3 Å². The number of aromatic nitrogens is 2. The van der Waals surface area contributed by atoms with Crippen molar-refractivity contribution in [3.8, 4) is 22.9 Å². The summed E-state index contributed by atoms with van der Waals surface area (Å²) < 4.78 is 11.6. The first-order chi connectivity index (χ1) is 8.78. The molecule has 2 heterocycles. The third kappa shape index (κ3) is 1.96. The summed E-state index contributed by atoms with van der Waals surface area (Å²) in [6.07, 6.45) is 1.79. The minimum atomic E-state index is 0.272. The summed E-state index contributed by atoms with van der Waals surface area (Å²) >= 11 is 2.19. The van der Waals surface area contributed by atoms with Crippen molar-refractivity contribution in [3.63, 3.8) is 0 Å². The van der Waals surface area contributed by atoms with E-state index in [1.54, 1.807) is 6.20 Å². The van der Waals surface area contributed by atoms with Crippen LogP contribution >= 0.6 is 22.6 Å². The summed E-state index contributed by atoms with van der Waals surface area (Å²) in [5, 5.41) is 3.04. The molecule has 0 radical (unpaired) electrons. The number of fused-ring (bicyclic) bond motifs is 1. The van der Waals surface area contributed by atoms with E-state index in [-0.39, 0.29) is 6.79 Å². The fraction of sp³-hybridized carbons (Fsp3) is 0.167. The van der Waals surface area contributed by atoms with Crippen molar-refractivity contribution in [3.05, 3.63) is 28.0 Å². The van der Waals surface area contributed by atoms with Crippen molar-refractivity contribution >= 4 is 28.4 Å². The maximum Gasteiger partial charge on any atom is 0.231 e. The van der Waals surface area contributed by atoms with Gasteiger partial charge in [0.1, 0.15) is 5.82 Å². The number of ether oxygens (including phenoxy) is 2. The number of halogens is 1. The maximum absolute atomic E-state index is 5.35. The molecule has 6 heteroatoms. The van der Waals surface area contributed by atoms with Crippen molar-refractivity contribution < 1.29 is 9.47 Å². The average molecular weight is 355 g/mol. The number of benzene rings is 1. The smallest absolute Gasteiger partial charge is 0.231 e. The van der Waals surface area contributed by atoms with Gasteiger partial charge in [-0.2, -0.15) is 0 Å². The van der Waals surface area contributed by atoms with Gasteiger partial charge in [0.2, 0.25) is 6.79 Å². The van der Waals surface area contributed by atoms with E-state index in [0.29, 0.717) is 5.82 Å². The van der Waals surface area contributed by atoms with Gasteiger partial charge in [-0.3, -0.25) is 0 Å². The van der Waals surface area contributed by atoms with Crippen molar-refractivity contribution in [2.75, 3.05) is 19.2 Å². The Labute approximate surface area is 118 Å². The highest BCUT2D eigenvalue weighted by molar-refractivity contribution is 14.1. The normalized spacial score (nSPS) is 12.6. The molecule has 92 valence electrons. The Hall–Kier alpha value is -1.57. The molecule has 0 fully saturated rings. The first-order valence-corrected chi connectivity index (χ1v) is 6.46. The van der Waals surface area contributed by atoms with Gasteiger partial charge in [0.25, 0.3) is 0 Å². The maximum atomic E-state index is 5.35. The van der Waals surface area contributed by atoms with E-state index < -0.39 is 0 Å². The molecule has 1 N–H and O–H groups in total. The Morgan fingerprint density at radius 1 is 1.28 bits per heavy atom. The van der Waals surface area contributed by atoms with Gasteiger partial charge in [-0.25, -0.2) is 9.97 Å². The zero-order chi connectivity index (χ0) is 12.5. The van der Waals surface area contributed by atoms with Crippen molar-refractivity contribution in [1.82, 2.24) is 9.97 Å². The van der Waals surface area contributed by atoms with Crippen LogP contribution in [0.25, 0.3) is 11.4 Å². The molecule has 1 aromatic carbocycles. The van der Waals surface area contributed by atoms with Gasteiger partial charge in [-0.05, 0) is 40.8 Å². The molecule has 0 bridgehead atoms. The quantitative estimate of drug-likeness (QED) is 0.839. The van der Waals surface area contributed by atoms with E-state index in [1.807, 2.05) is 25.2 Å². The Morgan fingerprint density at radius 3 is 2.94 bits per heavy atom. The summed E-state index contributed by atoms with van der Waals surface area (Å²) in [6.45, 7) is 0.272. The van der Waals surface area contributed by atoms with Gasteiger partial charge in [-0.15, -0.1) is 0 Å². The summed E-state index contributed by atoms with van der Waals surface area (Å²) in [7, 11) is 1.84. The second-order valence-corrected chi connectivity index (χ2v) is 4.87. The minimum absolute atomic E-state index is 0.272. The number of rotatable bonds is 2. The summed E-state index contributed by atoms with van der Waals surface area (Å²) in [5.41, 5.74) is 0.909. The van der Waals surface area contributed by atoms with Crippen LogP contribution in [0.3, 0.4) is 0 Å². The van der Waals surface area contributed by atoms with Gasteiger partial charge in [0.05, 0.1) is 3.57 Å². The van der Waals surface area contributed by atoms with E-state index in [2.05, 4.69) is 37.9 Å². The first-order valence-electron chi connectivity index (χ1n) is 5.38. The highest BCUT2D eigenvalue weighted by atomic mass is 127. The molecule has 1 aromatic heterocycles. The van der Waals surface area contributed by atoms with Crippen LogP contribution in [0.4, 0.5) is 5.82 Å². The lowest BCUT2D eigenvalue weighted by Gasteiger charge is -2.06. The molecule has 3 rings (SSSR count). The van der Waals surface area contributed by atoms with Gasteiger partial charge in [0, 0.05) is 18.8 Å². The number of nitrogens with one attached hydrogen (secondary N) is 1. The summed E-state index contributed by atoms with van der Waals surface area (Å²) in [6, 6.07) is 5.69. The molecule has 18 heavy (non-hydrogen) atoms. The molecule has 0 aliphatic carbocycles. The van der Waals surface area contributed by atoms with Crippen LogP contribution in [-0.2, 0) is 0 Å². The van der Waals surface area contributed by atoms with Crippen LogP contribution in [0, 0.1) is 3.57 Å². The second kappa shape index (κ2) is 4.60. The largest absolute Gasteiger partial charge is 0.454 e. The average Bonchev–Trinajstić information content (AvgIpc) is 2.86. The highest BCUT2D eigenvalue weighted by Crippen LogP contribution is 2.35. The van der Waals surface area contributed by atoms with Crippen LogP contribution in [0.1, 0.15) is 0 Å². The molecular formula is C12H10IN3O2. The number of hydrogen-bond acceptors (Lipinski definition) is 5. The van der Waals surface area contributed by atoms with Crippen LogP contribution in [-0.4, -0.2) is 23.8 Å². The predicted molar refractivity (Wildman–Crippen MR) is 75.9 cm³/mol.